The zero-order valence-corrected chi connectivity index (χ0v) is 12.3. The Morgan fingerprint density at radius 3 is 2.70 bits per heavy atom. The van der Waals surface area contributed by atoms with Crippen molar-refractivity contribution in [2.45, 2.75) is 32.2 Å². The van der Waals surface area contributed by atoms with Crippen LogP contribution in [0.3, 0.4) is 0 Å². The van der Waals surface area contributed by atoms with E-state index in [0.717, 1.165) is 5.56 Å². The summed E-state index contributed by atoms with van der Waals surface area (Å²) in [6.07, 6.45) is 0.518. The molecule has 3 unspecified atom stereocenters. The number of nitrogens with zero attached hydrogens (tertiary/aromatic N) is 1. The van der Waals surface area contributed by atoms with Crippen molar-refractivity contribution in [1.82, 2.24) is 4.90 Å². The van der Waals surface area contributed by atoms with Gasteiger partial charge in [-0.1, -0.05) is 23.7 Å². The van der Waals surface area contributed by atoms with Gasteiger partial charge >= 0.3 is 5.97 Å². The number of carbonyl (C=O) groups excluding carboxylic acids is 1. The molecule has 1 N–H and O–H groups in total. The first-order valence-corrected chi connectivity index (χ1v) is 7.08. The van der Waals surface area contributed by atoms with E-state index < -0.39 is 11.9 Å². The lowest BCUT2D eigenvalue weighted by molar-refractivity contribution is -0.143. The average Bonchev–Trinajstić information content (AvgIpc) is 2.79. The van der Waals surface area contributed by atoms with Gasteiger partial charge in [0.25, 0.3) is 0 Å². The predicted molar refractivity (Wildman–Crippen MR) is 76.8 cm³/mol. The van der Waals surface area contributed by atoms with Gasteiger partial charge in [-0.15, -0.1) is 0 Å². The maximum absolute atomic E-state index is 12.5. The molecule has 1 saturated heterocycles. The minimum absolute atomic E-state index is 0.0384. The zero-order valence-electron chi connectivity index (χ0n) is 11.5. The van der Waals surface area contributed by atoms with Gasteiger partial charge in [0, 0.05) is 17.6 Å². The summed E-state index contributed by atoms with van der Waals surface area (Å²) in [5.41, 5.74) is 0.855. The van der Waals surface area contributed by atoms with Gasteiger partial charge in [-0.05, 0) is 38.0 Å². The van der Waals surface area contributed by atoms with Gasteiger partial charge in [0.05, 0.1) is 11.8 Å². The van der Waals surface area contributed by atoms with Gasteiger partial charge in [-0.25, -0.2) is 0 Å². The first kappa shape index (κ1) is 14.9. The molecule has 1 amide bonds. The van der Waals surface area contributed by atoms with Crippen LogP contribution in [0, 0.1) is 5.92 Å². The summed E-state index contributed by atoms with van der Waals surface area (Å²) in [4.78, 5) is 25.3. The van der Waals surface area contributed by atoms with Crippen LogP contribution in [0.25, 0.3) is 0 Å². The van der Waals surface area contributed by atoms with Gasteiger partial charge in [0.2, 0.25) is 5.91 Å². The number of hydrogen-bond donors (Lipinski definition) is 1. The van der Waals surface area contributed by atoms with E-state index in [9.17, 15) is 9.59 Å². The van der Waals surface area contributed by atoms with Crippen molar-refractivity contribution in [1.29, 1.82) is 0 Å². The minimum atomic E-state index is -0.830. The van der Waals surface area contributed by atoms with Crippen LogP contribution in [0.5, 0.6) is 0 Å². The Hall–Kier alpha value is -1.55. The number of carboxylic acid groups (broad SMARTS) is 1. The van der Waals surface area contributed by atoms with Gasteiger partial charge in [0.15, 0.2) is 0 Å². The Labute approximate surface area is 123 Å². The first-order chi connectivity index (χ1) is 9.41. The third kappa shape index (κ3) is 2.80. The monoisotopic (exact) mass is 295 g/mol. The van der Waals surface area contributed by atoms with Crippen LogP contribution in [-0.2, 0) is 9.59 Å². The fourth-order valence-electron chi connectivity index (χ4n) is 2.75. The molecule has 0 radical (unpaired) electrons. The quantitative estimate of drug-likeness (QED) is 0.933. The number of benzene rings is 1. The third-order valence-electron chi connectivity index (χ3n) is 4.07. The highest BCUT2D eigenvalue weighted by Gasteiger charge is 2.39. The Kier molecular flexibility index (Phi) is 4.33. The number of aliphatic carboxylic acids is 1. The van der Waals surface area contributed by atoms with Crippen LogP contribution in [-0.4, -0.2) is 34.5 Å². The maximum atomic E-state index is 12.5. The molecule has 4 nitrogen and oxygen atoms in total. The van der Waals surface area contributed by atoms with E-state index in [-0.39, 0.29) is 17.9 Å². The molecule has 1 aliphatic rings. The SMILES string of the molecule is CC(C(=O)N1CCC(C(=O)O)C1C)c1cccc(Cl)c1. The molecule has 20 heavy (non-hydrogen) atoms. The molecule has 3 atom stereocenters. The van der Waals surface area contributed by atoms with Crippen molar-refractivity contribution < 1.29 is 14.7 Å². The molecule has 0 aromatic heterocycles. The fraction of sp³-hybridized carbons (Fsp3) is 0.467. The summed E-state index contributed by atoms with van der Waals surface area (Å²) in [6.45, 7) is 4.13. The molecule has 1 heterocycles. The van der Waals surface area contributed by atoms with E-state index >= 15 is 0 Å². The minimum Gasteiger partial charge on any atom is -0.481 e. The standard InChI is InChI=1S/C15H18ClNO3/c1-9(11-4-3-5-12(16)8-11)14(18)17-7-6-13(10(17)2)15(19)20/h3-5,8-10,13H,6-7H2,1-2H3,(H,19,20). The van der Waals surface area contributed by atoms with Crippen LogP contribution in [0.2, 0.25) is 5.02 Å². The Morgan fingerprint density at radius 2 is 2.15 bits per heavy atom. The van der Waals surface area contributed by atoms with E-state index in [1.807, 2.05) is 19.1 Å². The van der Waals surface area contributed by atoms with Gasteiger partial charge < -0.3 is 10.0 Å². The smallest absolute Gasteiger partial charge is 0.308 e. The molecule has 1 aliphatic heterocycles. The van der Waals surface area contributed by atoms with E-state index in [1.165, 1.54) is 0 Å². The summed E-state index contributed by atoms with van der Waals surface area (Å²) in [7, 11) is 0. The Morgan fingerprint density at radius 1 is 1.45 bits per heavy atom. The molecule has 5 heteroatoms. The molecule has 2 rings (SSSR count). The summed E-state index contributed by atoms with van der Waals surface area (Å²) >= 11 is 5.94. The van der Waals surface area contributed by atoms with E-state index in [0.29, 0.717) is 18.0 Å². The van der Waals surface area contributed by atoms with E-state index in [1.54, 1.807) is 24.0 Å². The second kappa shape index (κ2) is 5.83. The van der Waals surface area contributed by atoms with Crippen molar-refractivity contribution in [3.63, 3.8) is 0 Å². The van der Waals surface area contributed by atoms with Crippen LogP contribution >= 0.6 is 11.6 Å². The maximum Gasteiger partial charge on any atom is 0.308 e. The highest BCUT2D eigenvalue weighted by molar-refractivity contribution is 6.30. The molecule has 0 bridgehead atoms. The van der Waals surface area contributed by atoms with Crippen molar-refractivity contribution in [2.75, 3.05) is 6.54 Å². The largest absolute Gasteiger partial charge is 0.481 e. The van der Waals surface area contributed by atoms with Crippen molar-refractivity contribution in [3.8, 4) is 0 Å². The van der Waals surface area contributed by atoms with E-state index in [2.05, 4.69) is 0 Å². The molecular formula is C15H18ClNO3. The summed E-state index contributed by atoms with van der Waals surface area (Å²) in [6, 6.07) is 6.96. The number of carboxylic acids is 1. The lowest BCUT2D eigenvalue weighted by Gasteiger charge is -2.26. The summed E-state index contributed by atoms with van der Waals surface area (Å²) in [5, 5.41) is 9.72. The van der Waals surface area contributed by atoms with Gasteiger partial charge in [0.1, 0.15) is 0 Å². The first-order valence-electron chi connectivity index (χ1n) is 6.70. The Balaban J connectivity index is 2.14. The molecule has 1 aromatic rings. The highest BCUT2D eigenvalue weighted by atomic mass is 35.5. The van der Waals surface area contributed by atoms with Crippen molar-refractivity contribution in [2.24, 2.45) is 5.92 Å². The topological polar surface area (TPSA) is 57.6 Å². The molecule has 0 spiro atoms. The molecule has 108 valence electrons. The predicted octanol–water partition coefficient (Wildman–Crippen LogP) is 2.77. The zero-order chi connectivity index (χ0) is 14.9. The Bertz CT molecular complexity index is 532. The molecular weight excluding hydrogens is 278 g/mol. The van der Waals surface area contributed by atoms with Crippen LogP contribution < -0.4 is 0 Å². The normalized spacial score (nSPS) is 23.6. The number of hydrogen-bond acceptors (Lipinski definition) is 2. The summed E-state index contributed by atoms with van der Waals surface area (Å²) in [5.74, 6) is -1.65. The fourth-order valence-corrected chi connectivity index (χ4v) is 2.95. The number of rotatable bonds is 3. The van der Waals surface area contributed by atoms with E-state index in [4.69, 9.17) is 16.7 Å². The van der Waals surface area contributed by atoms with Crippen molar-refractivity contribution in [3.05, 3.63) is 34.9 Å². The lowest BCUT2D eigenvalue weighted by atomic mass is 9.98. The van der Waals surface area contributed by atoms with Crippen LogP contribution in [0.15, 0.2) is 24.3 Å². The number of amides is 1. The molecule has 1 fully saturated rings. The lowest BCUT2D eigenvalue weighted by Crippen LogP contribution is -2.39. The number of carbonyl (C=O) groups is 2. The molecule has 0 saturated carbocycles. The highest BCUT2D eigenvalue weighted by Crippen LogP contribution is 2.29. The summed E-state index contributed by atoms with van der Waals surface area (Å²) < 4.78 is 0. The second-order valence-electron chi connectivity index (χ2n) is 5.28. The molecule has 1 aromatic carbocycles. The van der Waals surface area contributed by atoms with Gasteiger partial charge in [-0.2, -0.15) is 0 Å². The van der Waals surface area contributed by atoms with Crippen molar-refractivity contribution >= 4 is 23.5 Å². The number of halogens is 1. The third-order valence-corrected chi connectivity index (χ3v) is 4.31. The number of likely N-dealkylation sites (tertiary alicyclic amines) is 1. The van der Waals surface area contributed by atoms with Gasteiger partial charge in [-0.3, -0.25) is 9.59 Å². The van der Waals surface area contributed by atoms with Crippen LogP contribution in [0.4, 0.5) is 0 Å². The average molecular weight is 296 g/mol. The second-order valence-corrected chi connectivity index (χ2v) is 5.72. The van der Waals surface area contributed by atoms with Crippen LogP contribution in [0.1, 0.15) is 31.7 Å². The molecule has 0 aliphatic carbocycles.